The Balaban J connectivity index is 1.63. The third-order valence-corrected chi connectivity index (χ3v) is 4.99. The van der Waals surface area contributed by atoms with Crippen LogP contribution in [-0.2, 0) is 16.0 Å². The van der Waals surface area contributed by atoms with E-state index in [4.69, 9.17) is 4.74 Å². The molecule has 0 aromatic heterocycles. The molecule has 0 bridgehead atoms. The Bertz CT molecular complexity index is 579. The molecule has 0 spiro atoms. The summed E-state index contributed by atoms with van der Waals surface area (Å²) < 4.78 is 5.31. The first-order valence-corrected chi connectivity index (χ1v) is 8.93. The number of piperidine rings is 1. The zero-order valence-electron chi connectivity index (χ0n) is 14.4. The summed E-state index contributed by atoms with van der Waals surface area (Å²) in [5.41, 5.74) is 1.94. The molecule has 2 aliphatic heterocycles. The number of morpholine rings is 1. The van der Waals surface area contributed by atoms with E-state index in [0.29, 0.717) is 38.4 Å². The second-order valence-electron chi connectivity index (χ2n) is 6.58. The minimum Gasteiger partial charge on any atom is -0.378 e. The largest absolute Gasteiger partial charge is 0.378 e. The quantitative estimate of drug-likeness (QED) is 0.851. The Kier molecular flexibility index (Phi) is 5.51. The lowest BCUT2D eigenvalue weighted by Crippen LogP contribution is -2.49. The molecule has 1 aromatic rings. The van der Waals surface area contributed by atoms with Crippen molar-refractivity contribution in [3.63, 3.8) is 0 Å². The molecule has 5 nitrogen and oxygen atoms in total. The predicted molar refractivity (Wildman–Crippen MR) is 91.8 cm³/mol. The second kappa shape index (κ2) is 7.79. The van der Waals surface area contributed by atoms with Crippen molar-refractivity contribution < 1.29 is 14.3 Å². The van der Waals surface area contributed by atoms with Crippen molar-refractivity contribution in [2.75, 3.05) is 39.4 Å². The maximum Gasteiger partial charge on any atom is 0.253 e. The van der Waals surface area contributed by atoms with Gasteiger partial charge < -0.3 is 14.5 Å². The molecule has 0 aliphatic carbocycles. The Morgan fingerprint density at radius 3 is 2.46 bits per heavy atom. The third-order valence-electron chi connectivity index (χ3n) is 4.99. The van der Waals surface area contributed by atoms with Crippen molar-refractivity contribution in [3.8, 4) is 0 Å². The maximum absolute atomic E-state index is 12.7. The monoisotopic (exact) mass is 330 g/mol. The highest BCUT2D eigenvalue weighted by Crippen LogP contribution is 2.21. The fourth-order valence-corrected chi connectivity index (χ4v) is 3.47. The van der Waals surface area contributed by atoms with Gasteiger partial charge in [-0.25, -0.2) is 0 Å². The number of rotatable bonds is 3. The van der Waals surface area contributed by atoms with Gasteiger partial charge in [0.1, 0.15) is 0 Å². The van der Waals surface area contributed by atoms with Crippen molar-refractivity contribution in [2.45, 2.75) is 26.2 Å². The molecule has 0 N–H and O–H groups in total. The smallest absolute Gasteiger partial charge is 0.253 e. The highest BCUT2D eigenvalue weighted by atomic mass is 16.5. The van der Waals surface area contributed by atoms with Gasteiger partial charge in [-0.05, 0) is 37.0 Å². The number of ether oxygens (including phenoxy) is 1. The number of amides is 2. The summed E-state index contributed by atoms with van der Waals surface area (Å²) in [6.45, 7) is 5.94. The molecular weight excluding hydrogens is 304 g/mol. The summed E-state index contributed by atoms with van der Waals surface area (Å²) in [6, 6.07) is 7.81. The number of likely N-dealkylation sites (tertiary alicyclic amines) is 1. The number of aryl methyl sites for hydroxylation is 1. The lowest BCUT2D eigenvalue weighted by Gasteiger charge is -2.36. The standard InChI is InChI=1S/C19H26N2O3/c1-2-15-5-7-16(8-6-15)18(22)21-9-3-4-17(14-21)19(23)20-10-12-24-13-11-20/h5-8,17H,2-4,9-14H2,1H3. The number of hydrogen-bond donors (Lipinski definition) is 0. The summed E-state index contributed by atoms with van der Waals surface area (Å²) in [7, 11) is 0. The molecular formula is C19H26N2O3. The first-order chi connectivity index (χ1) is 11.7. The minimum atomic E-state index is -0.0734. The van der Waals surface area contributed by atoms with Crippen LogP contribution in [0.2, 0.25) is 0 Å². The molecule has 2 aliphatic rings. The van der Waals surface area contributed by atoms with E-state index in [9.17, 15) is 9.59 Å². The summed E-state index contributed by atoms with van der Waals surface area (Å²) >= 11 is 0. The Morgan fingerprint density at radius 1 is 1.08 bits per heavy atom. The molecule has 1 aromatic carbocycles. The van der Waals surface area contributed by atoms with Gasteiger partial charge in [0.25, 0.3) is 5.91 Å². The van der Waals surface area contributed by atoms with Gasteiger partial charge in [0.15, 0.2) is 0 Å². The van der Waals surface area contributed by atoms with E-state index in [2.05, 4.69) is 6.92 Å². The van der Waals surface area contributed by atoms with Crippen LogP contribution in [0.5, 0.6) is 0 Å². The van der Waals surface area contributed by atoms with Gasteiger partial charge in [0, 0.05) is 31.7 Å². The first kappa shape index (κ1) is 17.0. The zero-order valence-corrected chi connectivity index (χ0v) is 14.4. The Labute approximate surface area is 143 Å². The normalized spacial score (nSPS) is 21.6. The highest BCUT2D eigenvalue weighted by Gasteiger charge is 2.32. The SMILES string of the molecule is CCc1ccc(C(=O)N2CCCC(C(=O)N3CCOCC3)C2)cc1. The van der Waals surface area contributed by atoms with Crippen LogP contribution in [-0.4, -0.2) is 61.0 Å². The van der Waals surface area contributed by atoms with Crippen molar-refractivity contribution in [1.82, 2.24) is 9.80 Å². The van der Waals surface area contributed by atoms with E-state index in [1.165, 1.54) is 5.56 Å². The van der Waals surface area contributed by atoms with Gasteiger partial charge in [-0.1, -0.05) is 19.1 Å². The van der Waals surface area contributed by atoms with Crippen molar-refractivity contribution >= 4 is 11.8 Å². The van der Waals surface area contributed by atoms with Crippen LogP contribution in [0.3, 0.4) is 0 Å². The number of nitrogens with zero attached hydrogens (tertiary/aromatic N) is 2. The first-order valence-electron chi connectivity index (χ1n) is 8.93. The van der Waals surface area contributed by atoms with E-state index in [1.807, 2.05) is 34.1 Å². The van der Waals surface area contributed by atoms with E-state index in [-0.39, 0.29) is 17.7 Å². The van der Waals surface area contributed by atoms with Crippen molar-refractivity contribution in [2.24, 2.45) is 5.92 Å². The predicted octanol–water partition coefficient (Wildman–Crippen LogP) is 1.96. The van der Waals surface area contributed by atoms with Gasteiger partial charge >= 0.3 is 0 Å². The molecule has 2 fully saturated rings. The van der Waals surface area contributed by atoms with Gasteiger partial charge in [-0.15, -0.1) is 0 Å². The second-order valence-corrected chi connectivity index (χ2v) is 6.58. The fourth-order valence-electron chi connectivity index (χ4n) is 3.47. The molecule has 2 heterocycles. The molecule has 130 valence electrons. The van der Waals surface area contributed by atoms with Crippen LogP contribution in [0.1, 0.15) is 35.7 Å². The summed E-state index contributed by atoms with van der Waals surface area (Å²) in [4.78, 5) is 29.1. The summed E-state index contributed by atoms with van der Waals surface area (Å²) in [6.07, 6.45) is 2.72. The molecule has 2 saturated heterocycles. The average Bonchev–Trinajstić information content (AvgIpc) is 2.67. The van der Waals surface area contributed by atoms with Gasteiger partial charge in [0.2, 0.25) is 5.91 Å². The number of hydrogen-bond acceptors (Lipinski definition) is 3. The average molecular weight is 330 g/mol. The van der Waals surface area contributed by atoms with Crippen LogP contribution in [0, 0.1) is 5.92 Å². The number of benzene rings is 1. The molecule has 0 saturated carbocycles. The minimum absolute atomic E-state index is 0.0390. The van der Waals surface area contributed by atoms with Crippen LogP contribution in [0.4, 0.5) is 0 Å². The molecule has 5 heteroatoms. The lowest BCUT2D eigenvalue weighted by atomic mass is 9.95. The molecule has 2 amide bonds. The van der Waals surface area contributed by atoms with Gasteiger partial charge in [-0.3, -0.25) is 9.59 Å². The maximum atomic E-state index is 12.7. The summed E-state index contributed by atoms with van der Waals surface area (Å²) in [5.74, 6) is 0.143. The molecule has 1 unspecified atom stereocenters. The van der Waals surface area contributed by atoms with E-state index >= 15 is 0 Å². The zero-order chi connectivity index (χ0) is 16.9. The van der Waals surface area contributed by atoms with Crippen LogP contribution >= 0.6 is 0 Å². The van der Waals surface area contributed by atoms with Crippen molar-refractivity contribution in [3.05, 3.63) is 35.4 Å². The lowest BCUT2D eigenvalue weighted by molar-refractivity contribution is -0.141. The summed E-state index contributed by atoms with van der Waals surface area (Å²) in [5, 5.41) is 0. The fraction of sp³-hybridized carbons (Fsp3) is 0.579. The molecule has 3 rings (SSSR count). The Morgan fingerprint density at radius 2 is 1.79 bits per heavy atom. The van der Waals surface area contributed by atoms with E-state index in [0.717, 1.165) is 25.8 Å². The van der Waals surface area contributed by atoms with Gasteiger partial charge in [-0.2, -0.15) is 0 Å². The number of carbonyl (C=O) groups excluding carboxylic acids is 2. The third kappa shape index (κ3) is 3.78. The van der Waals surface area contributed by atoms with E-state index < -0.39 is 0 Å². The van der Waals surface area contributed by atoms with E-state index in [1.54, 1.807) is 0 Å². The van der Waals surface area contributed by atoms with Crippen LogP contribution < -0.4 is 0 Å². The Hall–Kier alpha value is -1.88. The molecule has 0 radical (unpaired) electrons. The molecule has 24 heavy (non-hydrogen) atoms. The van der Waals surface area contributed by atoms with Crippen LogP contribution in [0.15, 0.2) is 24.3 Å². The molecule has 1 atom stereocenters. The van der Waals surface area contributed by atoms with Crippen molar-refractivity contribution in [1.29, 1.82) is 0 Å². The van der Waals surface area contributed by atoms with Crippen LogP contribution in [0.25, 0.3) is 0 Å². The highest BCUT2D eigenvalue weighted by molar-refractivity contribution is 5.94. The number of carbonyl (C=O) groups is 2. The van der Waals surface area contributed by atoms with Gasteiger partial charge in [0.05, 0.1) is 19.1 Å². The topological polar surface area (TPSA) is 49.9 Å².